The lowest BCUT2D eigenvalue weighted by molar-refractivity contribution is 1.26. The molecular weight excluding hydrogens is 348 g/mol. The lowest BCUT2D eigenvalue weighted by atomic mass is 9.95. The summed E-state index contributed by atoms with van der Waals surface area (Å²) in [6.45, 7) is 8.71. The Kier molecular flexibility index (Phi) is 4.17. The lowest BCUT2D eigenvalue weighted by Gasteiger charge is -2.10. The Morgan fingerprint density at radius 2 is 1.03 bits per heavy atom. The van der Waals surface area contributed by atoms with E-state index in [1.165, 1.54) is 66.8 Å². The van der Waals surface area contributed by atoms with Crippen molar-refractivity contribution in [3.05, 3.63) is 106 Å². The molecule has 0 heteroatoms. The van der Waals surface area contributed by atoms with Gasteiger partial charge < -0.3 is 0 Å². The molecule has 29 heavy (non-hydrogen) atoms. The minimum Gasteiger partial charge on any atom is -0.0587 e. The minimum absolute atomic E-state index is 1.02. The van der Waals surface area contributed by atoms with Gasteiger partial charge >= 0.3 is 0 Å². The van der Waals surface area contributed by atoms with Crippen LogP contribution in [0.3, 0.4) is 0 Å². The standard InChI is InChI=1S/C29H26/c1-18-5-8-27(21(4)12-18)23-7-10-29-26(16-23)17-25-15-22(6-9-28(25)29)24-13-19(2)11-20(3)14-24/h5-16H,17H2,1-4H3. The maximum atomic E-state index is 2.39. The van der Waals surface area contributed by atoms with E-state index in [4.69, 9.17) is 0 Å². The van der Waals surface area contributed by atoms with Crippen molar-refractivity contribution in [1.29, 1.82) is 0 Å². The van der Waals surface area contributed by atoms with Crippen molar-refractivity contribution in [2.24, 2.45) is 0 Å². The first-order valence-corrected chi connectivity index (χ1v) is 10.4. The smallest absolute Gasteiger partial charge is 0.00130 e. The zero-order valence-corrected chi connectivity index (χ0v) is 17.6. The van der Waals surface area contributed by atoms with Gasteiger partial charge in [0, 0.05) is 0 Å². The van der Waals surface area contributed by atoms with Gasteiger partial charge in [-0.1, -0.05) is 89.5 Å². The quantitative estimate of drug-likeness (QED) is 0.295. The molecule has 1 aliphatic carbocycles. The Bertz CT molecular complexity index is 1240. The Balaban J connectivity index is 1.53. The molecule has 0 N–H and O–H groups in total. The van der Waals surface area contributed by atoms with Crippen LogP contribution in [0.25, 0.3) is 33.4 Å². The molecule has 0 atom stereocenters. The van der Waals surface area contributed by atoms with Crippen molar-refractivity contribution in [2.45, 2.75) is 34.1 Å². The van der Waals surface area contributed by atoms with Crippen LogP contribution in [0, 0.1) is 27.7 Å². The molecule has 0 aromatic heterocycles. The van der Waals surface area contributed by atoms with Crippen molar-refractivity contribution in [1.82, 2.24) is 0 Å². The Labute approximate surface area is 173 Å². The Morgan fingerprint density at radius 1 is 0.448 bits per heavy atom. The number of hydrogen-bond acceptors (Lipinski definition) is 0. The molecular formula is C29H26. The number of benzene rings is 4. The highest BCUT2D eigenvalue weighted by molar-refractivity contribution is 5.83. The fourth-order valence-corrected chi connectivity index (χ4v) is 4.84. The summed E-state index contributed by atoms with van der Waals surface area (Å²) in [4.78, 5) is 0. The summed E-state index contributed by atoms with van der Waals surface area (Å²) >= 11 is 0. The van der Waals surface area contributed by atoms with Gasteiger partial charge in [0.25, 0.3) is 0 Å². The normalized spacial score (nSPS) is 12.0. The maximum absolute atomic E-state index is 2.39. The molecule has 1 aliphatic rings. The van der Waals surface area contributed by atoms with Crippen LogP contribution in [0.15, 0.2) is 72.8 Å². The van der Waals surface area contributed by atoms with E-state index in [1.807, 2.05) is 0 Å². The molecule has 0 bridgehead atoms. The molecule has 0 aliphatic heterocycles. The van der Waals surface area contributed by atoms with Crippen molar-refractivity contribution in [2.75, 3.05) is 0 Å². The minimum atomic E-state index is 1.02. The third-order valence-electron chi connectivity index (χ3n) is 6.13. The fraction of sp³-hybridized carbons (Fsp3) is 0.172. The first-order chi connectivity index (χ1) is 14.0. The monoisotopic (exact) mass is 374 g/mol. The highest BCUT2D eigenvalue weighted by Crippen LogP contribution is 2.41. The molecule has 0 nitrogen and oxygen atoms in total. The first-order valence-electron chi connectivity index (χ1n) is 10.4. The summed E-state index contributed by atoms with van der Waals surface area (Å²) in [6, 6.07) is 27.5. The second-order valence-corrected chi connectivity index (χ2v) is 8.62. The van der Waals surface area contributed by atoms with Gasteiger partial charge in [-0.3, -0.25) is 0 Å². The SMILES string of the molecule is Cc1cc(C)cc(-c2ccc3c(c2)Cc2cc(-c4ccc(C)cc4C)ccc2-3)c1. The van der Waals surface area contributed by atoms with Crippen LogP contribution in [-0.4, -0.2) is 0 Å². The van der Waals surface area contributed by atoms with E-state index >= 15 is 0 Å². The number of rotatable bonds is 2. The van der Waals surface area contributed by atoms with Crippen LogP contribution in [0.1, 0.15) is 33.4 Å². The van der Waals surface area contributed by atoms with Gasteiger partial charge in [0.05, 0.1) is 0 Å². The van der Waals surface area contributed by atoms with E-state index in [1.54, 1.807) is 0 Å². The molecule has 0 spiro atoms. The Morgan fingerprint density at radius 3 is 1.69 bits per heavy atom. The van der Waals surface area contributed by atoms with Gasteiger partial charge in [0.1, 0.15) is 0 Å². The van der Waals surface area contributed by atoms with Crippen LogP contribution in [0.2, 0.25) is 0 Å². The molecule has 0 saturated heterocycles. The fourth-order valence-electron chi connectivity index (χ4n) is 4.84. The van der Waals surface area contributed by atoms with Gasteiger partial charge in [0.15, 0.2) is 0 Å². The molecule has 0 heterocycles. The summed E-state index contributed by atoms with van der Waals surface area (Å²) in [5.41, 5.74) is 16.3. The van der Waals surface area contributed by atoms with E-state index in [0.717, 1.165) is 6.42 Å². The van der Waals surface area contributed by atoms with Gasteiger partial charge in [-0.05, 0) is 84.2 Å². The third kappa shape index (κ3) is 3.19. The van der Waals surface area contributed by atoms with Crippen LogP contribution in [0.4, 0.5) is 0 Å². The largest absolute Gasteiger partial charge is 0.0587 e. The summed E-state index contributed by atoms with van der Waals surface area (Å²) in [6.07, 6.45) is 1.02. The zero-order valence-electron chi connectivity index (χ0n) is 17.6. The number of aryl methyl sites for hydroxylation is 4. The average molecular weight is 375 g/mol. The van der Waals surface area contributed by atoms with E-state index in [9.17, 15) is 0 Å². The predicted molar refractivity (Wildman–Crippen MR) is 125 cm³/mol. The van der Waals surface area contributed by atoms with E-state index in [0.29, 0.717) is 0 Å². The lowest BCUT2D eigenvalue weighted by Crippen LogP contribution is -1.87. The van der Waals surface area contributed by atoms with E-state index < -0.39 is 0 Å². The Hall–Kier alpha value is -3.12. The molecule has 0 fully saturated rings. The first kappa shape index (κ1) is 17.9. The highest BCUT2D eigenvalue weighted by atomic mass is 14.2. The second-order valence-electron chi connectivity index (χ2n) is 8.62. The molecule has 0 saturated carbocycles. The topological polar surface area (TPSA) is 0 Å². The van der Waals surface area contributed by atoms with Gasteiger partial charge in [-0.2, -0.15) is 0 Å². The van der Waals surface area contributed by atoms with Crippen molar-refractivity contribution < 1.29 is 0 Å². The van der Waals surface area contributed by atoms with Gasteiger partial charge in [-0.25, -0.2) is 0 Å². The number of hydrogen-bond donors (Lipinski definition) is 0. The van der Waals surface area contributed by atoms with Crippen molar-refractivity contribution in [3.63, 3.8) is 0 Å². The van der Waals surface area contributed by atoms with Crippen LogP contribution in [0.5, 0.6) is 0 Å². The molecule has 4 aromatic rings. The second kappa shape index (κ2) is 6.74. The summed E-state index contributed by atoms with van der Waals surface area (Å²) < 4.78 is 0. The van der Waals surface area contributed by atoms with Crippen molar-refractivity contribution in [3.8, 4) is 33.4 Å². The van der Waals surface area contributed by atoms with E-state index in [2.05, 4.69) is 100 Å². The highest BCUT2D eigenvalue weighted by Gasteiger charge is 2.20. The maximum Gasteiger partial charge on any atom is -0.00130 e. The van der Waals surface area contributed by atoms with E-state index in [-0.39, 0.29) is 0 Å². The molecule has 0 amide bonds. The summed E-state index contributed by atoms with van der Waals surface area (Å²) in [7, 11) is 0. The molecule has 142 valence electrons. The average Bonchev–Trinajstić information content (AvgIpc) is 3.04. The predicted octanol–water partition coefficient (Wildman–Crippen LogP) is 7.83. The summed E-state index contributed by atoms with van der Waals surface area (Å²) in [5.74, 6) is 0. The van der Waals surface area contributed by atoms with Crippen molar-refractivity contribution >= 4 is 0 Å². The van der Waals surface area contributed by atoms with Gasteiger partial charge in [-0.15, -0.1) is 0 Å². The van der Waals surface area contributed by atoms with Gasteiger partial charge in [0.2, 0.25) is 0 Å². The van der Waals surface area contributed by atoms with Crippen LogP contribution >= 0.6 is 0 Å². The molecule has 4 aromatic carbocycles. The zero-order chi connectivity index (χ0) is 20.1. The van der Waals surface area contributed by atoms with Crippen LogP contribution < -0.4 is 0 Å². The molecule has 0 unspecified atom stereocenters. The number of fused-ring (bicyclic) bond motifs is 3. The molecule has 5 rings (SSSR count). The van der Waals surface area contributed by atoms with Crippen LogP contribution in [-0.2, 0) is 6.42 Å². The third-order valence-corrected chi connectivity index (χ3v) is 6.13. The summed E-state index contributed by atoms with van der Waals surface area (Å²) in [5, 5.41) is 0. The molecule has 0 radical (unpaired) electrons.